The van der Waals surface area contributed by atoms with E-state index in [-0.39, 0.29) is 0 Å². The fourth-order valence-corrected chi connectivity index (χ4v) is 4.15. The van der Waals surface area contributed by atoms with E-state index in [0.717, 1.165) is 6.42 Å². The number of para-hydroxylation sites is 1. The molecule has 0 saturated carbocycles. The van der Waals surface area contributed by atoms with Crippen LogP contribution in [0.25, 0.3) is 0 Å². The lowest BCUT2D eigenvalue weighted by Crippen LogP contribution is -2.34. The van der Waals surface area contributed by atoms with Crippen LogP contribution in [0.15, 0.2) is 54.6 Å². The van der Waals surface area contributed by atoms with Gasteiger partial charge >= 0.3 is 6.09 Å². The number of anilines is 1. The highest BCUT2D eigenvalue weighted by Gasteiger charge is 2.19. The molecular formula is C30H45NO3. The second kappa shape index (κ2) is 17.9. The summed E-state index contributed by atoms with van der Waals surface area (Å²) in [7, 11) is 0. The monoisotopic (exact) mass is 467 g/mol. The van der Waals surface area contributed by atoms with Crippen molar-refractivity contribution in [2.45, 2.75) is 104 Å². The summed E-state index contributed by atoms with van der Waals surface area (Å²) in [6.45, 7) is 4.36. The number of unbranched alkanes of at least 4 members (excludes halogenated alkanes) is 12. The van der Waals surface area contributed by atoms with Crippen molar-refractivity contribution >= 4 is 11.8 Å². The molecule has 0 unspecified atom stereocenters. The van der Waals surface area contributed by atoms with Crippen molar-refractivity contribution in [2.24, 2.45) is 0 Å². The molecule has 34 heavy (non-hydrogen) atoms. The van der Waals surface area contributed by atoms with Crippen molar-refractivity contribution in [1.29, 1.82) is 0 Å². The highest BCUT2D eigenvalue weighted by atomic mass is 16.7. The molecule has 4 nitrogen and oxygen atoms in total. The van der Waals surface area contributed by atoms with Gasteiger partial charge in [0, 0.05) is 0 Å². The number of aryl methyl sites for hydroxylation is 1. The van der Waals surface area contributed by atoms with E-state index in [1.165, 1.54) is 94.1 Å². The number of hydrogen-bond donors (Lipinski definition) is 0. The molecule has 0 spiro atoms. The number of amides is 1. The van der Waals surface area contributed by atoms with E-state index in [1.54, 1.807) is 6.92 Å². The second-order valence-corrected chi connectivity index (χ2v) is 9.06. The van der Waals surface area contributed by atoms with Gasteiger partial charge in [-0.05, 0) is 49.6 Å². The third-order valence-corrected chi connectivity index (χ3v) is 6.09. The molecule has 0 aliphatic carbocycles. The topological polar surface area (TPSA) is 38.8 Å². The Morgan fingerprint density at radius 3 is 1.88 bits per heavy atom. The van der Waals surface area contributed by atoms with Crippen molar-refractivity contribution in [2.75, 3.05) is 11.7 Å². The SMILES string of the molecule is CCCCCCCCCCCCCCCc1cccc(ON(C(=O)OCC)c2ccccc2)c1. The predicted molar refractivity (Wildman–Crippen MR) is 142 cm³/mol. The summed E-state index contributed by atoms with van der Waals surface area (Å²) >= 11 is 0. The number of hydrogen-bond acceptors (Lipinski definition) is 3. The summed E-state index contributed by atoms with van der Waals surface area (Å²) in [5.74, 6) is 0.643. The minimum atomic E-state index is -0.518. The standard InChI is InChI=1S/C30H45NO3/c1-3-5-6-7-8-9-10-11-12-13-14-15-17-21-27-22-20-25-29(26-27)34-31(30(32)33-4-2)28-23-18-16-19-24-28/h16,18-20,22-26H,3-15,17,21H2,1-2H3. The average molecular weight is 468 g/mol. The largest absolute Gasteiger partial charge is 0.448 e. The molecular weight excluding hydrogens is 422 g/mol. The molecule has 1 amide bonds. The van der Waals surface area contributed by atoms with Crippen LogP contribution >= 0.6 is 0 Å². The summed E-state index contributed by atoms with van der Waals surface area (Å²) in [4.78, 5) is 18.4. The van der Waals surface area contributed by atoms with Crippen LogP contribution in [-0.2, 0) is 11.2 Å². The van der Waals surface area contributed by atoms with Crippen LogP contribution in [0, 0.1) is 0 Å². The molecule has 4 heteroatoms. The van der Waals surface area contributed by atoms with Gasteiger partial charge in [-0.1, -0.05) is 114 Å². The molecule has 0 fully saturated rings. The summed E-state index contributed by atoms with van der Waals surface area (Å²) in [5.41, 5.74) is 1.88. The van der Waals surface area contributed by atoms with E-state index in [9.17, 15) is 4.79 Å². The Kier molecular flexibility index (Phi) is 14.6. The van der Waals surface area contributed by atoms with E-state index < -0.39 is 6.09 Å². The van der Waals surface area contributed by atoms with E-state index in [0.29, 0.717) is 18.0 Å². The maximum Gasteiger partial charge on any atom is 0.448 e. The number of hydroxylamine groups is 1. The first-order valence-corrected chi connectivity index (χ1v) is 13.5. The van der Waals surface area contributed by atoms with Crippen LogP contribution in [0.2, 0.25) is 0 Å². The van der Waals surface area contributed by atoms with Gasteiger partial charge in [0.15, 0.2) is 5.75 Å². The summed E-state index contributed by atoms with van der Waals surface area (Å²) < 4.78 is 5.18. The number of nitrogens with zero attached hydrogens (tertiary/aromatic N) is 1. The molecule has 0 heterocycles. The number of ether oxygens (including phenoxy) is 1. The number of benzene rings is 2. The molecule has 0 radical (unpaired) electrons. The Hall–Kier alpha value is -2.49. The Balaban J connectivity index is 1.66. The van der Waals surface area contributed by atoms with Crippen molar-refractivity contribution in [1.82, 2.24) is 0 Å². The smallest absolute Gasteiger partial charge is 0.447 e. The van der Waals surface area contributed by atoms with Crippen LogP contribution in [0.3, 0.4) is 0 Å². The van der Waals surface area contributed by atoms with Crippen molar-refractivity contribution in [3.63, 3.8) is 0 Å². The maximum absolute atomic E-state index is 12.4. The first-order chi connectivity index (χ1) is 16.7. The van der Waals surface area contributed by atoms with E-state index >= 15 is 0 Å². The molecule has 2 rings (SSSR count). The third kappa shape index (κ3) is 11.6. The Morgan fingerprint density at radius 1 is 0.706 bits per heavy atom. The van der Waals surface area contributed by atoms with Gasteiger partial charge in [0.1, 0.15) is 0 Å². The first kappa shape index (κ1) is 27.8. The number of carbonyl (C=O) groups is 1. The Bertz CT molecular complexity index is 778. The van der Waals surface area contributed by atoms with Gasteiger partial charge in [0.2, 0.25) is 0 Å². The zero-order valence-corrected chi connectivity index (χ0v) is 21.5. The minimum Gasteiger partial charge on any atom is -0.447 e. The van der Waals surface area contributed by atoms with Crippen molar-refractivity contribution in [3.8, 4) is 5.75 Å². The van der Waals surface area contributed by atoms with E-state index in [2.05, 4.69) is 13.0 Å². The van der Waals surface area contributed by atoms with Crippen molar-refractivity contribution in [3.05, 3.63) is 60.2 Å². The van der Waals surface area contributed by atoms with Crippen LogP contribution in [0.5, 0.6) is 5.75 Å². The molecule has 2 aromatic rings. The Morgan fingerprint density at radius 2 is 1.29 bits per heavy atom. The second-order valence-electron chi connectivity index (χ2n) is 9.06. The van der Waals surface area contributed by atoms with Gasteiger partial charge in [-0.2, -0.15) is 0 Å². The van der Waals surface area contributed by atoms with E-state index in [1.807, 2.05) is 48.5 Å². The van der Waals surface area contributed by atoms with Gasteiger partial charge < -0.3 is 9.57 Å². The molecule has 0 N–H and O–H groups in total. The predicted octanol–water partition coefficient (Wildman–Crippen LogP) is 9.28. The molecule has 188 valence electrons. The molecule has 0 aromatic heterocycles. The summed E-state index contributed by atoms with van der Waals surface area (Å²) in [6, 6.07) is 17.3. The van der Waals surface area contributed by atoms with Crippen molar-refractivity contribution < 1.29 is 14.4 Å². The molecule has 0 bridgehead atoms. The maximum atomic E-state index is 12.4. The lowest BCUT2D eigenvalue weighted by atomic mass is 10.0. The average Bonchev–Trinajstić information content (AvgIpc) is 2.86. The Labute approximate surface area is 207 Å². The number of rotatable bonds is 18. The quantitative estimate of drug-likeness (QED) is 0.162. The van der Waals surface area contributed by atoms with Crippen LogP contribution in [-0.4, -0.2) is 12.7 Å². The zero-order chi connectivity index (χ0) is 24.3. The highest BCUT2D eigenvalue weighted by Crippen LogP contribution is 2.22. The zero-order valence-electron chi connectivity index (χ0n) is 21.5. The van der Waals surface area contributed by atoms with Crippen LogP contribution in [0.4, 0.5) is 10.5 Å². The third-order valence-electron chi connectivity index (χ3n) is 6.09. The van der Waals surface area contributed by atoms with Gasteiger partial charge in [-0.25, -0.2) is 4.79 Å². The van der Waals surface area contributed by atoms with Gasteiger partial charge in [0.25, 0.3) is 0 Å². The summed E-state index contributed by atoms with van der Waals surface area (Å²) in [6.07, 6.45) is 18.2. The molecule has 0 aliphatic heterocycles. The van der Waals surface area contributed by atoms with Gasteiger partial charge in [-0.15, -0.1) is 5.06 Å². The van der Waals surface area contributed by atoms with E-state index in [4.69, 9.17) is 9.57 Å². The summed E-state index contributed by atoms with van der Waals surface area (Å²) in [5, 5.41) is 1.22. The molecule has 0 aliphatic rings. The lowest BCUT2D eigenvalue weighted by molar-refractivity contribution is 0.131. The lowest BCUT2D eigenvalue weighted by Gasteiger charge is -2.21. The molecule has 0 atom stereocenters. The number of carbonyl (C=O) groups excluding carboxylic acids is 1. The molecule has 2 aromatic carbocycles. The first-order valence-electron chi connectivity index (χ1n) is 13.5. The van der Waals surface area contributed by atoms with Gasteiger partial charge in [-0.3, -0.25) is 0 Å². The van der Waals surface area contributed by atoms with Crippen LogP contribution in [0.1, 0.15) is 103 Å². The fourth-order valence-electron chi connectivity index (χ4n) is 4.15. The van der Waals surface area contributed by atoms with Gasteiger partial charge in [0.05, 0.1) is 12.3 Å². The highest BCUT2D eigenvalue weighted by molar-refractivity contribution is 5.85. The fraction of sp³-hybridized carbons (Fsp3) is 0.567. The molecule has 0 saturated heterocycles. The minimum absolute atomic E-state index is 0.296. The van der Waals surface area contributed by atoms with Crippen LogP contribution < -0.4 is 9.90 Å². The normalized spacial score (nSPS) is 10.8.